The van der Waals surface area contributed by atoms with E-state index >= 15 is 0 Å². The summed E-state index contributed by atoms with van der Waals surface area (Å²) in [4.78, 5) is 4.02. The van der Waals surface area contributed by atoms with Crippen LogP contribution in [0.25, 0.3) is 5.65 Å². The van der Waals surface area contributed by atoms with E-state index in [4.69, 9.17) is 5.11 Å². The highest BCUT2D eigenvalue weighted by Crippen LogP contribution is 2.31. The van der Waals surface area contributed by atoms with Gasteiger partial charge < -0.3 is 5.11 Å². The smallest absolute Gasteiger partial charge is 0.396 e. The van der Waals surface area contributed by atoms with Crippen molar-refractivity contribution < 1.29 is 18.3 Å². The van der Waals surface area contributed by atoms with Gasteiger partial charge >= 0.3 is 6.18 Å². The fourth-order valence-corrected chi connectivity index (χ4v) is 2.23. The van der Waals surface area contributed by atoms with Crippen LogP contribution in [0.2, 0.25) is 0 Å². The summed E-state index contributed by atoms with van der Waals surface area (Å²) in [7, 11) is 0. The Balaban J connectivity index is 1.91. The van der Waals surface area contributed by atoms with Crippen molar-refractivity contribution in [1.29, 1.82) is 0 Å². The number of pyridine rings is 1. The number of halogens is 3. The van der Waals surface area contributed by atoms with Gasteiger partial charge in [-0.15, -0.1) is 0 Å². The van der Waals surface area contributed by atoms with E-state index in [0.717, 1.165) is 5.56 Å². The van der Waals surface area contributed by atoms with Crippen LogP contribution < -0.4 is 0 Å². The lowest BCUT2D eigenvalue weighted by Gasteiger charge is -2.04. The molecule has 1 N–H and O–H groups in total. The minimum atomic E-state index is -4.54. The summed E-state index contributed by atoms with van der Waals surface area (Å²) in [5.41, 5.74) is 0.396. The van der Waals surface area contributed by atoms with E-state index in [-0.39, 0.29) is 25.1 Å². The molecule has 0 saturated carbocycles. The van der Waals surface area contributed by atoms with E-state index in [1.807, 2.05) is 0 Å². The highest BCUT2D eigenvalue weighted by molar-refractivity contribution is 5.39. The molecule has 0 radical (unpaired) electrons. The second-order valence-electron chi connectivity index (χ2n) is 4.77. The fraction of sp³-hybridized carbons (Fsp3) is 0.308. The van der Waals surface area contributed by atoms with Crippen LogP contribution >= 0.6 is 0 Å². The number of fused-ring (bicyclic) bond motifs is 1. The summed E-state index contributed by atoms with van der Waals surface area (Å²) in [6.45, 7) is -0.182. The molecule has 9 heteroatoms. The number of nitrogens with zero attached hydrogens (tertiary/aromatic N) is 5. The minimum Gasteiger partial charge on any atom is -0.396 e. The van der Waals surface area contributed by atoms with Crippen molar-refractivity contribution in [3.05, 3.63) is 47.7 Å². The number of aromatic nitrogens is 5. The van der Waals surface area contributed by atoms with E-state index in [9.17, 15) is 13.2 Å². The standard InChI is InChI=1S/C13H12F3N5O/c14-13(15,16)12-10(2-4-22)7-20(19-12)6-9-1-3-21-11(5-9)17-8-18-21/h1,3,5,7-8,22H,2,4,6H2. The van der Waals surface area contributed by atoms with Crippen LogP contribution in [0.4, 0.5) is 13.2 Å². The van der Waals surface area contributed by atoms with Crippen LogP contribution in [0, 0.1) is 0 Å². The highest BCUT2D eigenvalue weighted by Gasteiger charge is 2.36. The van der Waals surface area contributed by atoms with Crippen LogP contribution in [-0.2, 0) is 19.1 Å². The molecule has 0 aliphatic carbocycles. The third kappa shape index (κ3) is 2.80. The molecule has 0 aliphatic heterocycles. The number of aliphatic hydroxyl groups is 1. The van der Waals surface area contributed by atoms with Crippen molar-refractivity contribution in [3.8, 4) is 0 Å². The summed E-state index contributed by atoms with van der Waals surface area (Å²) in [5, 5.41) is 16.4. The lowest BCUT2D eigenvalue weighted by Crippen LogP contribution is -2.11. The summed E-state index contributed by atoms with van der Waals surface area (Å²) < 4.78 is 41.5. The number of alkyl halides is 3. The third-order valence-corrected chi connectivity index (χ3v) is 3.18. The molecular weight excluding hydrogens is 299 g/mol. The van der Waals surface area contributed by atoms with Gasteiger partial charge in [-0.2, -0.15) is 23.4 Å². The van der Waals surface area contributed by atoms with Crippen molar-refractivity contribution >= 4 is 5.65 Å². The molecule has 0 aliphatic rings. The molecule has 3 aromatic heterocycles. The van der Waals surface area contributed by atoms with Gasteiger partial charge in [0, 0.05) is 24.6 Å². The van der Waals surface area contributed by atoms with Gasteiger partial charge in [0.25, 0.3) is 0 Å². The number of aliphatic hydroxyl groups excluding tert-OH is 1. The predicted octanol–water partition coefficient (Wildman–Crippen LogP) is 1.53. The first kappa shape index (κ1) is 14.5. The van der Waals surface area contributed by atoms with Gasteiger partial charge in [-0.3, -0.25) is 4.68 Å². The maximum absolute atomic E-state index is 12.9. The summed E-state index contributed by atoms with van der Waals surface area (Å²) >= 11 is 0. The summed E-state index contributed by atoms with van der Waals surface area (Å²) in [5.74, 6) is 0. The van der Waals surface area contributed by atoms with Crippen LogP contribution in [-0.4, -0.2) is 36.1 Å². The second-order valence-corrected chi connectivity index (χ2v) is 4.77. The first-order chi connectivity index (χ1) is 10.5. The molecular formula is C13H12F3N5O. The molecule has 0 saturated heterocycles. The fourth-order valence-electron chi connectivity index (χ4n) is 2.23. The average molecular weight is 311 g/mol. The molecule has 116 valence electrons. The highest BCUT2D eigenvalue weighted by atomic mass is 19.4. The quantitative estimate of drug-likeness (QED) is 0.793. The van der Waals surface area contributed by atoms with E-state index in [0.29, 0.717) is 5.65 Å². The maximum atomic E-state index is 12.9. The van der Waals surface area contributed by atoms with E-state index in [1.165, 1.54) is 17.2 Å². The molecule has 0 atom stereocenters. The lowest BCUT2D eigenvalue weighted by atomic mass is 10.2. The van der Waals surface area contributed by atoms with E-state index in [1.54, 1.807) is 22.8 Å². The number of rotatable bonds is 4. The molecule has 0 bridgehead atoms. The zero-order valence-corrected chi connectivity index (χ0v) is 11.3. The Kier molecular flexibility index (Phi) is 3.57. The van der Waals surface area contributed by atoms with Crippen molar-refractivity contribution in [2.24, 2.45) is 0 Å². The Morgan fingerprint density at radius 1 is 1.27 bits per heavy atom. The topological polar surface area (TPSA) is 68.2 Å². The molecule has 0 amide bonds. The van der Waals surface area contributed by atoms with Crippen LogP contribution in [0.15, 0.2) is 30.9 Å². The third-order valence-electron chi connectivity index (χ3n) is 3.18. The Hall–Kier alpha value is -2.42. The zero-order valence-electron chi connectivity index (χ0n) is 11.3. The Morgan fingerprint density at radius 2 is 2.09 bits per heavy atom. The molecule has 3 heterocycles. The van der Waals surface area contributed by atoms with Gasteiger partial charge in [0.2, 0.25) is 0 Å². The number of hydrogen-bond donors (Lipinski definition) is 1. The molecule has 0 fully saturated rings. The first-order valence-electron chi connectivity index (χ1n) is 6.50. The van der Waals surface area contributed by atoms with Crippen molar-refractivity contribution in [3.63, 3.8) is 0 Å². The predicted molar refractivity (Wildman–Crippen MR) is 70.1 cm³/mol. The Morgan fingerprint density at radius 3 is 2.82 bits per heavy atom. The van der Waals surface area contributed by atoms with Gasteiger partial charge in [0.15, 0.2) is 11.3 Å². The SMILES string of the molecule is OCCc1cn(Cc2ccn3ncnc3c2)nc1C(F)(F)F. The van der Waals surface area contributed by atoms with Gasteiger partial charge in [-0.05, 0) is 24.1 Å². The molecule has 0 aromatic carbocycles. The molecule has 6 nitrogen and oxygen atoms in total. The number of hydrogen-bond acceptors (Lipinski definition) is 4. The van der Waals surface area contributed by atoms with E-state index in [2.05, 4.69) is 15.2 Å². The first-order valence-corrected chi connectivity index (χ1v) is 6.50. The maximum Gasteiger partial charge on any atom is 0.435 e. The minimum absolute atomic E-state index is 0.0152. The molecule has 22 heavy (non-hydrogen) atoms. The van der Waals surface area contributed by atoms with Gasteiger partial charge in [0.05, 0.1) is 6.54 Å². The lowest BCUT2D eigenvalue weighted by molar-refractivity contribution is -0.142. The average Bonchev–Trinajstić information content (AvgIpc) is 3.05. The van der Waals surface area contributed by atoms with Gasteiger partial charge in [-0.25, -0.2) is 9.50 Å². The van der Waals surface area contributed by atoms with Crippen molar-refractivity contribution in [1.82, 2.24) is 24.4 Å². The summed E-state index contributed by atoms with van der Waals surface area (Å²) in [6.07, 6.45) is -0.230. The Labute approximate surface area is 122 Å². The largest absolute Gasteiger partial charge is 0.435 e. The van der Waals surface area contributed by atoms with Crippen LogP contribution in [0.3, 0.4) is 0 Å². The molecule has 3 rings (SSSR count). The van der Waals surface area contributed by atoms with Crippen molar-refractivity contribution in [2.45, 2.75) is 19.1 Å². The normalized spacial score (nSPS) is 12.2. The monoisotopic (exact) mass is 311 g/mol. The molecule has 0 unspecified atom stereocenters. The summed E-state index contributed by atoms with van der Waals surface area (Å²) in [6, 6.07) is 3.47. The van der Waals surface area contributed by atoms with E-state index < -0.39 is 11.9 Å². The molecule has 3 aromatic rings. The zero-order chi connectivity index (χ0) is 15.7. The Bertz CT molecular complexity index is 792. The second kappa shape index (κ2) is 5.41. The molecule has 0 spiro atoms. The van der Waals surface area contributed by atoms with Gasteiger partial charge in [-0.1, -0.05) is 0 Å². The van der Waals surface area contributed by atoms with Gasteiger partial charge in [0.1, 0.15) is 6.33 Å². The van der Waals surface area contributed by atoms with Crippen molar-refractivity contribution in [2.75, 3.05) is 6.61 Å². The van der Waals surface area contributed by atoms with Crippen LogP contribution in [0.5, 0.6) is 0 Å². The van der Waals surface area contributed by atoms with Crippen LogP contribution in [0.1, 0.15) is 16.8 Å².